The van der Waals surface area contributed by atoms with Gasteiger partial charge in [0.05, 0.1) is 14.5 Å². The second-order valence-corrected chi connectivity index (χ2v) is 6.59. The van der Waals surface area contributed by atoms with Crippen molar-refractivity contribution < 1.29 is 4.74 Å². The van der Waals surface area contributed by atoms with Crippen LogP contribution in [0.5, 0.6) is 5.75 Å². The molecule has 0 aliphatic carbocycles. The van der Waals surface area contributed by atoms with Crippen molar-refractivity contribution >= 4 is 39.1 Å². The fourth-order valence-electron chi connectivity index (χ4n) is 1.98. The minimum atomic E-state index is 0.133. The molecule has 2 nitrogen and oxygen atoms in total. The molecule has 21 heavy (non-hydrogen) atoms. The molecule has 1 unspecified atom stereocenters. The maximum absolute atomic E-state index is 6.14. The van der Waals surface area contributed by atoms with Crippen LogP contribution in [0, 0.1) is 0 Å². The maximum atomic E-state index is 6.14. The van der Waals surface area contributed by atoms with E-state index in [-0.39, 0.29) is 6.04 Å². The normalized spacial score (nSPS) is 12.2. The van der Waals surface area contributed by atoms with E-state index in [1.165, 1.54) is 5.56 Å². The fraction of sp³-hybridized carbons (Fsp3) is 0.250. The molecule has 0 heterocycles. The minimum absolute atomic E-state index is 0.133. The lowest BCUT2D eigenvalue weighted by atomic mass is 10.1. The summed E-state index contributed by atoms with van der Waals surface area (Å²) in [7, 11) is 0. The summed E-state index contributed by atoms with van der Waals surface area (Å²) < 4.78 is 6.70. The van der Waals surface area contributed by atoms with Gasteiger partial charge in [-0.2, -0.15) is 0 Å². The van der Waals surface area contributed by atoms with E-state index in [0.717, 1.165) is 22.2 Å². The Morgan fingerprint density at radius 3 is 2.67 bits per heavy atom. The Kier molecular flexibility index (Phi) is 5.94. The molecule has 112 valence electrons. The zero-order valence-corrected chi connectivity index (χ0v) is 14.7. The van der Waals surface area contributed by atoms with E-state index in [9.17, 15) is 0 Å². The van der Waals surface area contributed by atoms with Crippen LogP contribution in [-0.2, 0) is 13.0 Å². The smallest absolute Gasteiger partial charge is 0.134 e. The number of rotatable bonds is 5. The van der Waals surface area contributed by atoms with Gasteiger partial charge in [-0.3, -0.25) is 0 Å². The van der Waals surface area contributed by atoms with E-state index in [2.05, 4.69) is 15.9 Å². The van der Waals surface area contributed by atoms with Gasteiger partial charge in [-0.15, -0.1) is 0 Å². The Morgan fingerprint density at radius 1 is 1.24 bits per heavy atom. The Balaban J connectivity index is 2.08. The molecule has 1 atom stereocenters. The molecule has 2 aromatic rings. The van der Waals surface area contributed by atoms with Gasteiger partial charge < -0.3 is 10.5 Å². The van der Waals surface area contributed by atoms with E-state index in [4.69, 9.17) is 33.7 Å². The molecular weight excluding hydrogens is 373 g/mol. The van der Waals surface area contributed by atoms with Crippen molar-refractivity contribution in [1.29, 1.82) is 0 Å². The summed E-state index contributed by atoms with van der Waals surface area (Å²) in [5.74, 6) is 0.763. The Morgan fingerprint density at radius 2 is 2.00 bits per heavy atom. The average molecular weight is 389 g/mol. The van der Waals surface area contributed by atoms with Crippen LogP contribution < -0.4 is 10.5 Å². The highest BCUT2D eigenvalue weighted by Gasteiger charge is 2.08. The molecule has 0 aliphatic heterocycles. The fourth-order valence-corrected chi connectivity index (χ4v) is 2.89. The lowest BCUT2D eigenvalue weighted by Gasteiger charge is -2.12. The lowest BCUT2D eigenvalue weighted by molar-refractivity contribution is 0.304. The number of nitrogens with two attached hydrogens (primary N) is 1. The van der Waals surface area contributed by atoms with Gasteiger partial charge in [0, 0.05) is 11.6 Å². The number of hydrogen-bond acceptors (Lipinski definition) is 2. The molecule has 0 aromatic heterocycles. The molecule has 0 saturated heterocycles. The summed E-state index contributed by atoms with van der Waals surface area (Å²) in [6.07, 6.45) is 0.832. The Labute approximate surface area is 143 Å². The Bertz CT molecular complexity index is 632. The van der Waals surface area contributed by atoms with E-state index in [1.807, 2.05) is 37.3 Å². The number of halogens is 3. The van der Waals surface area contributed by atoms with Crippen LogP contribution in [0.2, 0.25) is 10.0 Å². The van der Waals surface area contributed by atoms with Crippen molar-refractivity contribution in [3.05, 3.63) is 62.0 Å². The first-order valence-electron chi connectivity index (χ1n) is 6.57. The van der Waals surface area contributed by atoms with E-state index >= 15 is 0 Å². The third-order valence-corrected chi connectivity index (χ3v) is 4.45. The van der Waals surface area contributed by atoms with Gasteiger partial charge >= 0.3 is 0 Å². The zero-order valence-electron chi connectivity index (χ0n) is 11.6. The van der Waals surface area contributed by atoms with Crippen molar-refractivity contribution in [2.75, 3.05) is 0 Å². The highest BCUT2D eigenvalue weighted by molar-refractivity contribution is 9.10. The molecule has 2 N–H and O–H groups in total. The largest absolute Gasteiger partial charge is 0.488 e. The Hall–Kier alpha value is -0.740. The van der Waals surface area contributed by atoms with E-state index in [0.29, 0.717) is 16.7 Å². The highest BCUT2D eigenvalue weighted by Crippen LogP contribution is 2.30. The summed E-state index contributed by atoms with van der Waals surface area (Å²) in [6.45, 7) is 2.35. The molecule has 5 heteroatoms. The molecule has 0 bridgehead atoms. The number of ether oxygens (including phenoxy) is 1. The van der Waals surface area contributed by atoms with Gasteiger partial charge in [0.2, 0.25) is 0 Å². The molecule has 2 rings (SSSR count). The average Bonchev–Trinajstić information content (AvgIpc) is 2.41. The van der Waals surface area contributed by atoms with E-state index < -0.39 is 0 Å². The SMILES string of the molecule is CC(N)Cc1ccc(OCc2cccc(Cl)c2Cl)c(Br)c1. The molecule has 0 radical (unpaired) electrons. The van der Waals surface area contributed by atoms with Crippen molar-refractivity contribution in [3.63, 3.8) is 0 Å². The molecule has 0 amide bonds. The number of benzene rings is 2. The molecule has 0 fully saturated rings. The van der Waals surface area contributed by atoms with Crippen molar-refractivity contribution in [3.8, 4) is 5.75 Å². The second kappa shape index (κ2) is 7.50. The molecule has 0 aliphatic rings. The van der Waals surface area contributed by atoms with Crippen LogP contribution >= 0.6 is 39.1 Å². The van der Waals surface area contributed by atoms with Crippen LogP contribution in [-0.4, -0.2) is 6.04 Å². The number of hydrogen-bond donors (Lipinski definition) is 1. The highest BCUT2D eigenvalue weighted by atomic mass is 79.9. The second-order valence-electron chi connectivity index (χ2n) is 4.95. The van der Waals surface area contributed by atoms with Crippen LogP contribution in [0.15, 0.2) is 40.9 Å². The van der Waals surface area contributed by atoms with Crippen molar-refractivity contribution in [2.45, 2.75) is 26.0 Å². The predicted octanol–water partition coefficient (Wildman–Crippen LogP) is 5.22. The first kappa shape index (κ1) is 16.6. The summed E-state index contributed by atoms with van der Waals surface area (Å²) in [5, 5.41) is 1.06. The van der Waals surface area contributed by atoms with Gasteiger partial charge in [0.25, 0.3) is 0 Å². The topological polar surface area (TPSA) is 35.2 Å². The maximum Gasteiger partial charge on any atom is 0.134 e. The van der Waals surface area contributed by atoms with Crippen LogP contribution in [0.1, 0.15) is 18.1 Å². The lowest BCUT2D eigenvalue weighted by Crippen LogP contribution is -2.17. The first-order valence-corrected chi connectivity index (χ1v) is 8.12. The van der Waals surface area contributed by atoms with Gasteiger partial charge in [-0.05, 0) is 53.0 Å². The molecule has 0 saturated carbocycles. The first-order chi connectivity index (χ1) is 9.97. The standard InChI is InChI=1S/C16H16BrCl2NO/c1-10(20)7-11-5-6-15(13(17)8-11)21-9-12-3-2-4-14(18)16(12)19/h2-6,8,10H,7,9,20H2,1H3. The molecule has 0 spiro atoms. The van der Waals surface area contributed by atoms with Crippen molar-refractivity contribution in [1.82, 2.24) is 0 Å². The van der Waals surface area contributed by atoms with Crippen molar-refractivity contribution in [2.24, 2.45) is 5.73 Å². The van der Waals surface area contributed by atoms with Gasteiger partial charge in [0.15, 0.2) is 0 Å². The minimum Gasteiger partial charge on any atom is -0.488 e. The van der Waals surface area contributed by atoms with Crippen LogP contribution in [0.3, 0.4) is 0 Å². The summed E-state index contributed by atoms with van der Waals surface area (Å²) >= 11 is 15.7. The zero-order chi connectivity index (χ0) is 15.4. The summed E-state index contributed by atoms with van der Waals surface area (Å²) in [5.41, 5.74) is 7.83. The molecular formula is C16H16BrCl2NO. The van der Waals surface area contributed by atoms with E-state index in [1.54, 1.807) is 6.07 Å². The molecule has 2 aromatic carbocycles. The van der Waals surface area contributed by atoms with Gasteiger partial charge in [-0.25, -0.2) is 0 Å². The monoisotopic (exact) mass is 387 g/mol. The quantitative estimate of drug-likeness (QED) is 0.761. The van der Waals surface area contributed by atoms with Gasteiger partial charge in [0.1, 0.15) is 12.4 Å². The third-order valence-electron chi connectivity index (χ3n) is 2.97. The van der Waals surface area contributed by atoms with Gasteiger partial charge in [-0.1, -0.05) is 41.4 Å². The summed E-state index contributed by atoms with van der Waals surface area (Å²) in [6, 6.07) is 11.6. The van der Waals surface area contributed by atoms with Crippen LogP contribution in [0.4, 0.5) is 0 Å². The third kappa shape index (κ3) is 4.62. The summed E-state index contributed by atoms with van der Waals surface area (Å²) in [4.78, 5) is 0. The van der Waals surface area contributed by atoms with Crippen LogP contribution in [0.25, 0.3) is 0 Å². The predicted molar refractivity (Wildman–Crippen MR) is 92.3 cm³/mol.